The van der Waals surface area contributed by atoms with Gasteiger partial charge < -0.3 is 10.2 Å². The second-order valence-electron chi connectivity index (χ2n) is 6.04. The lowest BCUT2D eigenvalue weighted by Gasteiger charge is -2.41. The summed E-state index contributed by atoms with van der Waals surface area (Å²) in [4.78, 5) is 26.9. The Kier molecular flexibility index (Phi) is 6.86. The smallest absolute Gasteiger partial charge is 0.246 e. The van der Waals surface area contributed by atoms with Crippen molar-refractivity contribution in [1.82, 2.24) is 10.2 Å². The zero-order chi connectivity index (χ0) is 15.3. The minimum Gasteiger partial charge on any atom is -0.342 e. The minimum atomic E-state index is -0.349. The van der Waals surface area contributed by atoms with Crippen molar-refractivity contribution in [2.45, 2.75) is 52.6 Å². The fraction of sp³-hybridized carbons (Fsp3) is 0.867. The molecule has 0 aromatic heterocycles. The lowest BCUT2D eigenvalue weighted by atomic mass is 9.91. The molecule has 116 valence electrons. The number of thioether (sulfide) groups is 1. The molecule has 1 N–H and O–H groups in total. The van der Waals surface area contributed by atoms with Gasteiger partial charge in [0.2, 0.25) is 11.8 Å². The second-order valence-corrected chi connectivity index (χ2v) is 7.03. The van der Waals surface area contributed by atoms with Crippen molar-refractivity contribution in [2.24, 2.45) is 11.8 Å². The number of hydrogen-bond acceptors (Lipinski definition) is 3. The molecule has 3 unspecified atom stereocenters. The van der Waals surface area contributed by atoms with Gasteiger partial charge in [-0.15, -0.1) is 0 Å². The summed E-state index contributed by atoms with van der Waals surface area (Å²) >= 11 is 1.71. The monoisotopic (exact) mass is 300 g/mol. The van der Waals surface area contributed by atoms with Gasteiger partial charge in [-0.2, -0.15) is 11.8 Å². The van der Waals surface area contributed by atoms with E-state index in [4.69, 9.17) is 0 Å². The largest absolute Gasteiger partial charge is 0.342 e. The molecule has 1 aliphatic rings. The van der Waals surface area contributed by atoms with Crippen molar-refractivity contribution in [3.05, 3.63) is 0 Å². The standard InChI is InChI=1S/C15H28N2O2S/c1-6-11(4)13-15(19)17(7-8-20-5)12(9-10(2)3)14(18)16-13/h10-13H,6-9H2,1-5H3,(H,16,18). The number of piperazine rings is 1. The van der Waals surface area contributed by atoms with Crippen molar-refractivity contribution < 1.29 is 9.59 Å². The van der Waals surface area contributed by atoms with Gasteiger partial charge in [-0.05, 0) is 24.5 Å². The third-order valence-electron chi connectivity index (χ3n) is 3.97. The molecule has 0 aliphatic carbocycles. The number of amides is 2. The molecule has 0 bridgehead atoms. The van der Waals surface area contributed by atoms with E-state index in [1.807, 2.05) is 18.1 Å². The molecule has 1 heterocycles. The molecule has 1 fully saturated rings. The molecule has 1 aliphatic heterocycles. The Morgan fingerprint density at radius 1 is 1.30 bits per heavy atom. The van der Waals surface area contributed by atoms with Crippen LogP contribution in [0.15, 0.2) is 0 Å². The first-order valence-electron chi connectivity index (χ1n) is 7.52. The first kappa shape index (κ1) is 17.3. The number of carbonyl (C=O) groups is 2. The van der Waals surface area contributed by atoms with Gasteiger partial charge in [0, 0.05) is 12.3 Å². The average molecular weight is 300 g/mol. The van der Waals surface area contributed by atoms with Crippen LogP contribution in [-0.2, 0) is 9.59 Å². The summed E-state index contributed by atoms with van der Waals surface area (Å²) in [6, 6.07) is -0.646. The molecule has 0 aromatic carbocycles. The molecule has 0 aromatic rings. The van der Waals surface area contributed by atoms with Crippen LogP contribution in [0, 0.1) is 11.8 Å². The van der Waals surface area contributed by atoms with Crippen molar-refractivity contribution >= 4 is 23.6 Å². The first-order valence-corrected chi connectivity index (χ1v) is 8.91. The zero-order valence-electron chi connectivity index (χ0n) is 13.3. The Hall–Kier alpha value is -0.710. The van der Waals surface area contributed by atoms with Crippen LogP contribution >= 0.6 is 11.8 Å². The van der Waals surface area contributed by atoms with E-state index in [0.717, 1.165) is 18.6 Å². The topological polar surface area (TPSA) is 49.4 Å². The van der Waals surface area contributed by atoms with Crippen LogP contribution in [0.2, 0.25) is 0 Å². The summed E-state index contributed by atoms with van der Waals surface area (Å²) in [5.74, 6) is 1.57. The number of rotatable bonds is 7. The highest BCUT2D eigenvalue weighted by atomic mass is 32.2. The van der Waals surface area contributed by atoms with Crippen LogP contribution in [0.5, 0.6) is 0 Å². The van der Waals surface area contributed by atoms with Crippen molar-refractivity contribution in [2.75, 3.05) is 18.6 Å². The van der Waals surface area contributed by atoms with Crippen LogP contribution in [0.3, 0.4) is 0 Å². The molecule has 0 radical (unpaired) electrons. The van der Waals surface area contributed by atoms with E-state index in [0.29, 0.717) is 12.5 Å². The van der Waals surface area contributed by atoms with Crippen LogP contribution in [0.25, 0.3) is 0 Å². The molecule has 1 saturated heterocycles. The molecule has 1 rings (SSSR count). The first-order chi connectivity index (χ1) is 9.42. The summed E-state index contributed by atoms with van der Waals surface area (Å²) in [5.41, 5.74) is 0. The van der Waals surface area contributed by atoms with Gasteiger partial charge in [-0.25, -0.2) is 0 Å². The Morgan fingerprint density at radius 2 is 1.95 bits per heavy atom. The van der Waals surface area contributed by atoms with Gasteiger partial charge >= 0.3 is 0 Å². The normalized spacial score (nSPS) is 25.0. The molecule has 4 nitrogen and oxygen atoms in total. The number of nitrogens with one attached hydrogen (secondary N) is 1. The number of carbonyl (C=O) groups excluding carboxylic acids is 2. The highest BCUT2D eigenvalue weighted by molar-refractivity contribution is 7.98. The lowest BCUT2D eigenvalue weighted by molar-refractivity contribution is -0.151. The summed E-state index contributed by atoms with van der Waals surface area (Å²) in [6.45, 7) is 8.92. The fourth-order valence-corrected chi connectivity index (χ4v) is 2.92. The van der Waals surface area contributed by atoms with E-state index in [2.05, 4.69) is 26.1 Å². The van der Waals surface area contributed by atoms with Gasteiger partial charge in [0.1, 0.15) is 12.1 Å². The predicted molar refractivity (Wildman–Crippen MR) is 84.7 cm³/mol. The Morgan fingerprint density at radius 3 is 2.45 bits per heavy atom. The lowest BCUT2D eigenvalue weighted by Crippen LogP contribution is -2.65. The summed E-state index contributed by atoms with van der Waals surface area (Å²) < 4.78 is 0. The molecule has 2 amide bonds. The Labute approximate surface area is 127 Å². The average Bonchev–Trinajstić information content (AvgIpc) is 2.40. The van der Waals surface area contributed by atoms with Gasteiger partial charge in [-0.1, -0.05) is 34.1 Å². The van der Waals surface area contributed by atoms with E-state index in [9.17, 15) is 9.59 Å². The van der Waals surface area contributed by atoms with Crippen molar-refractivity contribution in [3.8, 4) is 0 Å². The van der Waals surface area contributed by atoms with E-state index >= 15 is 0 Å². The Bertz CT molecular complexity index is 347. The van der Waals surface area contributed by atoms with Gasteiger partial charge in [0.15, 0.2) is 0 Å². The molecule has 0 saturated carbocycles. The van der Waals surface area contributed by atoms with Gasteiger partial charge in [0.25, 0.3) is 0 Å². The zero-order valence-corrected chi connectivity index (χ0v) is 14.1. The highest BCUT2D eigenvalue weighted by Crippen LogP contribution is 2.22. The van der Waals surface area contributed by atoms with Crippen LogP contribution in [0.1, 0.15) is 40.5 Å². The van der Waals surface area contributed by atoms with Crippen molar-refractivity contribution in [3.63, 3.8) is 0 Å². The molecule has 3 atom stereocenters. The molecular formula is C15H28N2O2S. The third kappa shape index (κ3) is 4.14. The number of nitrogens with zero attached hydrogens (tertiary/aromatic N) is 1. The quantitative estimate of drug-likeness (QED) is 0.783. The van der Waals surface area contributed by atoms with E-state index in [1.54, 1.807) is 11.8 Å². The van der Waals surface area contributed by atoms with Crippen LogP contribution < -0.4 is 5.32 Å². The molecule has 0 spiro atoms. The molecular weight excluding hydrogens is 272 g/mol. The summed E-state index contributed by atoms with van der Waals surface area (Å²) in [5, 5.41) is 2.94. The summed E-state index contributed by atoms with van der Waals surface area (Å²) in [7, 11) is 0. The molecule has 20 heavy (non-hydrogen) atoms. The second kappa shape index (κ2) is 7.91. The van der Waals surface area contributed by atoms with E-state index < -0.39 is 0 Å². The van der Waals surface area contributed by atoms with Gasteiger partial charge in [0.05, 0.1) is 0 Å². The Balaban J connectivity index is 2.91. The van der Waals surface area contributed by atoms with Crippen LogP contribution in [0.4, 0.5) is 0 Å². The maximum Gasteiger partial charge on any atom is 0.246 e. The van der Waals surface area contributed by atoms with Crippen LogP contribution in [-0.4, -0.2) is 47.4 Å². The maximum atomic E-state index is 12.7. The van der Waals surface area contributed by atoms with Crippen molar-refractivity contribution in [1.29, 1.82) is 0 Å². The van der Waals surface area contributed by atoms with E-state index in [1.165, 1.54) is 0 Å². The van der Waals surface area contributed by atoms with E-state index in [-0.39, 0.29) is 29.8 Å². The predicted octanol–water partition coefficient (Wildman–Crippen LogP) is 2.14. The minimum absolute atomic E-state index is 0.0182. The van der Waals surface area contributed by atoms with Gasteiger partial charge in [-0.3, -0.25) is 9.59 Å². The highest BCUT2D eigenvalue weighted by Gasteiger charge is 2.41. The maximum absolute atomic E-state index is 12.7. The summed E-state index contributed by atoms with van der Waals surface area (Å²) in [6.07, 6.45) is 3.65. The fourth-order valence-electron chi connectivity index (χ4n) is 2.54. The third-order valence-corrected chi connectivity index (χ3v) is 4.56. The SMILES string of the molecule is CCC(C)C1NC(=O)C(CC(C)C)N(CCSC)C1=O. The number of hydrogen-bond donors (Lipinski definition) is 1. The molecule has 5 heteroatoms.